The van der Waals surface area contributed by atoms with Gasteiger partial charge in [-0.05, 0) is 42.6 Å². The minimum absolute atomic E-state index is 0.627. The fraction of sp³-hybridized carbons (Fsp3) is 0.0625. The van der Waals surface area contributed by atoms with Crippen LogP contribution in [-0.4, -0.2) is 4.98 Å². The van der Waals surface area contributed by atoms with Gasteiger partial charge in [0.15, 0.2) is 0 Å². The summed E-state index contributed by atoms with van der Waals surface area (Å²) in [6.07, 6.45) is 1.76. The van der Waals surface area contributed by atoms with Gasteiger partial charge in [0, 0.05) is 16.1 Å². The second kappa shape index (κ2) is 5.02. The van der Waals surface area contributed by atoms with Crippen LogP contribution in [0.5, 0.6) is 11.6 Å². The average molecular weight is 314 g/mol. The zero-order valence-electron chi connectivity index (χ0n) is 10.4. The van der Waals surface area contributed by atoms with E-state index in [2.05, 4.69) is 27.8 Å². The van der Waals surface area contributed by atoms with Gasteiger partial charge < -0.3 is 4.74 Å². The third-order valence-corrected chi connectivity index (χ3v) is 3.42. The lowest BCUT2D eigenvalue weighted by Crippen LogP contribution is -1.89. The highest BCUT2D eigenvalue weighted by molar-refractivity contribution is 9.10. The molecule has 94 valence electrons. The first-order valence-electron chi connectivity index (χ1n) is 6.01. The number of hydrogen-bond acceptors (Lipinski definition) is 2. The maximum absolute atomic E-state index is 5.87. The molecule has 0 amide bonds. The van der Waals surface area contributed by atoms with E-state index in [1.165, 1.54) is 5.56 Å². The number of hydrogen-bond donors (Lipinski definition) is 0. The van der Waals surface area contributed by atoms with Gasteiger partial charge >= 0.3 is 0 Å². The van der Waals surface area contributed by atoms with Crippen molar-refractivity contribution in [1.29, 1.82) is 0 Å². The van der Waals surface area contributed by atoms with Crippen LogP contribution in [0.25, 0.3) is 10.8 Å². The molecule has 0 saturated heterocycles. The van der Waals surface area contributed by atoms with E-state index in [1.54, 1.807) is 6.20 Å². The van der Waals surface area contributed by atoms with E-state index in [9.17, 15) is 0 Å². The van der Waals surface area contributed by atoms with Crippen molar-refractivity contribution in [3.8, 4) is 11.6 Å². The molecule has 0 spiro atoms. The maximum atomic E-state index is 5.87. The molecule has 0 unspecified atom stereocenters. The summed E-state index contributed by atoms with van der Waals surface area (Å²) >= 11 is 3.48. The molecule has 19 heavy (non-hydrogen) atoms. The van der Waals surface area contributed by atoms with E-state index in [0.29, 0.717) is 5.88 Å². The summed E-state index contributed by atoms with van der Waals surface area (Å²) < 4.78 is 6.89. The lowest BCUT2D eigenvalue weighted by Gasteiger charge is -2.08. The molecule has 0 fully saturated rings. The van der Waals surface area contributed by atoms with Crippen LogP contribution >= 0.6 is 15.9 Å². The van der Waals surface area contributed by atoms with Crippen LogP contribution < -0.4 is 4.74 Å². The first-order chi connectivity index (χ1) is 9.22. The molecule has 0 N–H and O–H groups in total. The Hall–Kier alpha value is -1.87. The lowest BCUT2D eigenvalue weighted by molar-refractivity contribution is 0.469. The molecular formula is C16H12BrNO. The molecule has 0 aliphatic heterocycles. The Balaban J connectivity index is 2.05. The minimum atomic E-state index is 0.627. The van der Waals surface area contributed by atoms with Gasteiger partial charge in [0.2, 0.25) is 5.88 Å². The van der Waals surface area contributed by atoms with E-state index in [1.807, 2.05) is 48.5 Å². The SMILES string of the molecule is Cc1ccc(Oc2nccc3ccc(Br)cc23)cc1. The van der Waals surface area contributed by atoms with Crippen LogP contribution in [0.15, 0.2) is 59.2 Å². The van der Waals surface area contributed by atoms with Crippen molar-refractivity contribution in [2.45, 2.75) is 6.92 Å². The normalized spacial score (nSPS) is 10.6. The predicted molar refractivity (Wildman–Crippen MR) is 80.7 cm³/mol. The Labute approximate surface area is 120 Å². The second-order valence-electron chi connectivity index (χ2n) is 4.40. The molecule has 2 nitrogen and oxygen atoms in total. The third-order valence-electron chi connectivity index (χ3n) is 2.93. The molecule has 0 aliphatic carbocycles. The topological polar surface area (TPSA) is 22.1 Å². The van der Waals surface area contributed by atoms with Crippen LogP contribution in [0.1, 0.15) is 5.56 Å². The Morgan fingerprint density at radius 2 is 1.79 bits per heavy atom. The molecule has 3 rings (SSSR count). The van der Waals surface area contributed by atoms with Crippen molar-refractivity contribution < 1.29 is 4.74 Å². The third kappa shape index (κ3) is 2.61. The molecule has 0 atom stereocenters. The number of halogens is 1. The summed E-state index contributed by atoms with van der Waals surface area (Å²) in [6.45, 7) is 2.05. The zero-order chi connectivity index (χ0) is 13.2. The summed E-state index contributed by atoms with van der Waals surface area (Å²) in [5.74, 6) is 1.42. The number of pyridine rings is 1. The number of benzene rings is 2. The van der Waals surface area contributed by atoms with Gasteiger partial charge in [-0.2, -0.15) is 0 Å². The van der Waals surface area contributed by atoms with Gasteiger partial charge in [0.05, 0.1) is 0 Å². The van der Waals surface area contributed by atoms with Gasteiger partial charge in [0.25, 0.3) is 0 Å². The van der Waals surface area contributed by atoms with Crippen LogP contribution in [0.4, 0.5) is 0 Å². The molecule has 0 bridgehead atoms. The van der Waals surface area contributed by atoms with E-state index in [-0.39, 0.29) is 0 Å². The second-order valence-corrected chi connectivity index (χ2v) is 5.31. The average Bonchev–Trinajstić information content (AvgIpc) is 2.42. The molecule has 0 radical (unpaired) electrons. The van der Waals surface area contributed by atoms with E-state index < -0.39 is 0 Å². The van der Waals surface area contributed by atoms with Crippen molar-refractivity contribution in [3.05, 3.63) is 64.8 Å². The number of aryl methyl sites for hydroxylation is 1. The molecule has 1 heterocycles. The highest BCUT2D eigenvalue weighted by atomic mass is 79.9. The van der Waals surface area contributed by atoms with Gasteiger partial charge in [0.1, 0.15) is 5.75 Å². The van der Waals surface area contributed by atoms with Crippen LogP contribution in [0.2, 0.25) is 0 Å². The summed E-state index contributed by atoms with van der Waals surface area (Å²) in [6, 6.07) is 16.0. The summed E-state index contributed by atoms with van der Waals surface area (Å²) in [5, 5.41) is 2.11. The Bertz CT molecular complexity index is 722. The zero-order valence-corrected chi connectivity index (χ0v) is 12.0. The predicted octanol–water partition coefficient (Wildman–Crippen LogP) is 5.10. The Morgan fingerprint density at radius 1 is 1.00 bits per heavy atom. The van der Waals surface area contributed by atoms with Crippen molar-refractivity contribution in [2.24, 2.45) is 0 Å². The standard InChI is InChI=1S/C16H12BrNO/c1-11-2-6-14(7-3-11)19-16-15-10-13(17)5-4-12(15)8-9-18-16/h2-10H,1H3. The molecule has 0 aliphatic rings. The molecule has 3 heteroatoms. The first kappa shape index (κ1) is 12.2. The van der Waals surface area contributed by atoms with Crippen molar-refractivity contribution in [2.75, 3.05) is 0 Å². The smallest absolute Gasteiger partial charge is 0.227 e. The molecule has 1 aromatic heterocycles. The van der Waals surface area contributed by atoms with Gasteiger partial charge in [-0.3, -0.25) is 0 Å². The van der Waals surface area contributed by atoms with E-state index >= 15 is 0 Å². The number of aromatic nitrogens is 1. The maximum Gasteiger partial charge on any atom is 0.227 e. The lowest BCUT2D eigenvalue weighted by atomic mass is 10.2. The van der Waals surface area contributed by atoms with Gasteiger partial charge in [-0.25, -0.2) is 4.98 Å². The number of nitrogens with zero attached hydrogens (tertiary/aromatic N) is 1. The summed E-state index contributed by atoms with van der Waals surface area (Å²) in [5.41, 5.74) is 1.21. The summed E-state index contributed by atoms with van der Waals surface area (Å²) in [4.78, 5) is 4.32. The van der Waals surface area contributed by atoms with Gasteiger partial charge in [-0.15, -0.1) is 0 Å². The van der Waals surface area contributed by atoms with Gasteiger partial charge in [-0.1, -0.05) is 39.7 Å². The molecule has 3 aromatic rings. The van der Waals surface area contributed by atoms with Crippen LogP contribution in [0, 0.1) is 6.92 Å². The van der Waals surface area contributed by atoms with Crippen LogP contribution in [0.3, 0.4) is 0 Å². The number of rotatable bonds is 2. The van der Waals surface area contributed by atoms with Crippen molar-refractivity contribution in [1.82, 2.24) is 4.98 Å². The van der Waals surface area contributed by atoms with E-state index in [4.69, 9.17) is 4.74 Å². The molecule has 2 aromatic carbocycles. The van der Waals surface area contributed by atoms with Crippen molar-refractivity contribution >= 4 is 26.7 Å². The molecular weight excluding hydrogens is 302 g/mol. The largest absolute Gasteiger partial charge is 0.438 e. The number of ether oxygens (including phenoxy) is 1. The fourth-order valence-electron chi connectivity index (χ4n) is 1.91. The number of fused-ring (bicyclic) bond motifs is 1. The van der Waals surface area contributed by atoms with E-state index in [0.717, 1.165) is 21.0 Å². The molecule has 0 saturated carbocycles. The first-order valence-corrected chi connectivity index (χ1v) is 6.80. The highest BCUT2D eigenvalue weighted by Crippen LogP contribution is 2.29. The minimum Gasteiger partial charge on any atom is -0.438 e. The quantitative estimate of drug-likeness (QED) is 0.656. The van der Waals surface area contributed by atoms with Crippen LogP contribution in [-0.2, 0) is 0 Å². The fourth-order valence-corrected chi connectivity index (χ4v) is 2.27. The monoisotopic (exact) mass is 313 g/mol. The van der Waals surface area contributed by atoms with Crippen molar-refractivity contribution in [3.63, 3.8) is 0 Å². The highest BCUT2D eigenvalue weighted by Gasteiger charge is 2.05. The Morgan fingerprint density at radius 3 is 2.58 bits per heavy atom. The summed E-state index contributed by atoms with van der Waals surface area (Å²) in [7, 11) is 0. The Kier molecular flexibility index (Phi) is 3.22.